The van der Waals surface area contributed by atoms with Crippen LogP contribution in [0.4, 0.5) is 4.39 Å². The van der Waals surface area contributed by atoms with E-state index < -0.39 is 15.8 Å². The number of ether oxygens (including phenoxy) is 1. The number of benzene rings is 1. The molecule has 0 saturated carbocycles. The molecule has 0 aromatic heterocycles. The van der Waals surface area contributed by atoms with Crippen molar-refractivity contribution in [1.29, 1.82) is 0 Å². The highest BCUT2D eigenvalue weighted by atomic mass is 35.5. The van der Waals surface area contributed by atoms with Crippen molar-refractivity contribution in [2.45, 2.75) is 18.4 Å². The monoisotopic (exact) mass is 324 g/mol. The van der Waals surface area contributed by atoms with Gasteiger partial charge in [-0.05, 0) is 31.7 Å². The van der Waals surface area contributed by atoms with Gasteiger partial charge in [-0.25, -0.2) is 17.5 Å². The average Bonchev–Trinajstić information content (AvgIpc) is 2.40. The zero-order chi connectivity index (χ0) is 15.2. The molecular weight excluding hydrogens is 307 g/mol. The van der Waals surface area contributed by atoms with Gasteiger partial charge < -0.3 is 10.1 Å². The third-order valence-corrected chi connectivity index (χ3v) is 4.36. The van der Waals surface area contributed by atoms with Crippen LogP contribution in [0.5, 0.6) is 0 Å². The Morgan fingerprint density at radius 3 is 2.70 bits per heavy atom. The van der Waals surface area contributed by atoms with Gasteiger partial charge in [-0.15, -0.1) is 0 Å². The number of rotatable bonds is 8. The van der Waals surface area contributed by atoms with Gasteiger partial charge in [0.2, 0.25) is 10.0 Å². The lowest BCUT2D eigenvalue weighted by molar-refractivity contribution is 0.153. The third-order valence-electron chi connectivity index (χ3n) is 2.50. The first kappa shape index (κ1) is 17.3. The van der Waals surface area contributed by atoms with Gasteiger partial charge in [0.25, 0.3) is 0 Å². The molecule has 0 atom stereocenters. The first-order valence-electron chi connectivity index (χ1n) is 6.12. The number of nitrogens with one attached hydrogen (secondary N) is 2. The molecule has 2 N–H and O–H groups in total. The summed E-state index contributed by atoms with van der Waals surface area (Å²) in [6, 6.07) is 2.26. The maximum Gasteiger partial charge on any atom is 0.240 e. The first-order valence-corrected chi connectivity index (χ1v) is 7.98. The normalized spacial score (nSPS) is 11.8. The van der Waals surface area contributed by atoms with Crippen molar-refractivity contribution in [3.05, 3.63) is 28.5 Å². The molecule has 0 unspecified atom stereocenters. The molecule has 1 aromatic carbocycles. The predicted molar refractivity (Wildman–Crippen MR) is 75.9 cm³/mol. The molecule has 0 spiro atoms. The molecule has 1 aromatic rings. The predicted octanol–water partition coefficient (Wildman–Crippen LogP) is 1.51. The lowest BCUT2D eigenvalue weighted by Gasteiger charge is -2.10. The van der Waals surface area contributed by atoms with Crippen LogP contribution in [-0.2, 0) is 21.3 Å². The van der Waals surface area contributed by atoms with Crippen LogP contribution in [0.1, 0.15) is 12.5 Å². The van der Waals surface area contributed by atoms with Crippen molar-refractivity contribution < 1.29 is 17.5 Å². The quantitative estimate of drug-likeness (QED) is 0.711. The molecule has 0 radical (unpaired) electrons. The van der Waals surface area contributed by atoms with E-state index in [4.69, 9.17) is 16.3 Å². The number of hydrogen-bond donors (Lipinski definition) is 2. The Kier molecular flexibility index (Phi) is 6.84. The van der Waals surface area contributed by atoms with Crippen molar-refractivity contribution in [3.8, 4) is 0 Å². The Hall–Kier alpha value is -0.730. The zero-order valence-electron chi connectivity index (χ0n) is 11.4. The summed E-state index contributed by atoms with van der Waals surface area (Å²) in [6.07, 6.45) is 0. The maximum absolute atomic E-state index is 13.7. The van der Waals surface area contributed by atoms with Gasteiger partial charge >= 0.3 is 0 Å². The largest absolute Gasteiger partial charge is 0.380 e. The Bertz CT molecular complexity index is 552. The molecule has 0 fully saturated rings. The van der Waals surface area contributed by atoms with Crippen LogP contribution in [0.2, 0.25) is 5.02 Å². The van der Waals surface area contributed by atoms with Crippen LogP contribution in [0, 0.1) is 5.82 Å². The Morgan fingerprint density at radius 1 is 1.40 bits per heavy atom. The second-order valence-corrected chi connectivity index (χ2v) is 6.15. The van der Waals surface area contributed by atoms with E-state index in [-0.39, 0.29) is 29.6 Å². The van der Waals surface area contributed by atoms with E-state index in [0.29, 0.717) is 12.2 Å². The Balaban J connectivity index is 2.94. The lowest BCUT2D eigenvalue weighted by atomic mass is 10.2. The summed E-state index contributed by atoms with van der Waals surface area (Å²) < 4.78 is 45.1. The van der Waals surface area contributed by atoms with Crippen molar-refractivity contribution >= 4 is 21.6 Å². The molecule has 0 aliphatic rings. The fraction of sp³-hybridized carbons (Fsp3) is 0.500. The second-order valence-electron chi connectivity index (χ2n) is 4.00. The molecule has 0 aliphatic heterocycles. The van der Waals surface area contributed by atoms with Crippen LogP contribution in [0.3, 0.4) is 0 Å². The van der Waals surface area contributed by atoms with E-state index in [0.717, 1.165) is 6.07 Å². The molecule has 114 valence electrons. The summed E-state index contributed by atoms with van der Waals surface area (Å²) in [4.78, 5) is -0.152. The van der Waals surface area contributed by atoms with E-state index in [1.165, 1.54) is 6.07 Å². The van der Waals surface area contributed by atoms with E-state index in [1.807, 2.05) is 6.92 Å². The molecule has 20 heavy (non-hydrogen) atoms. The summed E-state index contributed by atoms with van der Waals surface area (Å²) in [5, 5.41) is 2.73. The standard InChI is InChI=1S/C12H18ClFN2O3S/c1-3-19-5-4-16-20(17,18)10-6-9(8-15-2)12(13)11(14)7-10/h6-7,15-16H,3-5,8H2,1-2H3. The number of sulfonamides is 1. The molecule has 0 bridgehead atoms. The summed E-state index contributed by atoms with van der Waals surface area (Å²) >= 11 is 5.79. The van der Waals surface area contributed by atoms with Crippen LogP contribution in [-0.4, -0.2) is 35.2 Å². The van der Waals surface area contributed by atoms with Gasteiger partial charge in [-0.3, -0.25) is 0 Å². The minimum Gasteiger partial charge on any atom is -0.380 e. The van der Waals surface area contributed by atoms with Crippen LogP contribution in [0.25, 0.3) is 0 Å². The lowest BCUT2D eigenvalue weighted by Crippen LogP contribution is -2.27. The molecule has 5 nitrogen and oxygen atoms in total. The topological polar surface area (TPSA) is 67.4 Å². The average molecular weight is 325 g/mol. The smallest absolute Gasteiger partial charge is 0.240 e. The number of hydrogen-bond acceptors (Lipinski definition) is 4. The molecule has 8 heteroatoms. The highest BCUT2D eigenvalue weighted by molar-refractivity contribution is 7.89. The zero-order valence-corrected chi connectivity index (χ0v) is 12.9. The van der Waals surface area contributed by atoms with Crippen molar-refractivity contribution in [2.75, 3.05) is 26.8 Å². The minimum atomic E-state index is -3.78. The third kappa shape index (κ3) is 4.68. The summed E-state index contributed by atoms with van der Waals surface area (Å²) in [7, 11) is -2.11. The van der Waals surface area contributed by atoms with Gasteiger partial charge in [0, 0.05) is 19.7 Å². The van der Waals surface area contributed by atoms with Gasteiger partial charge in [0.15, 0.2) is 0 Å². The molecular formula is C12H18ClFN2O3S. The van der Waals surface area contributed by atoms with Crippen molar-refractivity contribution in [2.24, 2.45) is 0 Å². The second kappa shape index (κ2) is 7.90. The molecule has 1 rings (SSSR count). The van der Waals surface area contributed by atoms with Gasteiger partial charge in [0.05, 0.1) is 16.5 Å². The fourth-order valence-corrected chi connectivity index (χ4v) is 2.82. The van der Waals surface area contributed by atoms with Gasteiger partial charge in [0.1, 0.15) is 5.82 Å². The molecule has 0 heterocycles. The van der Waals surface area contributed by atoms with E-state index in [9.17, 15) is 12.8 Å². The fourth-order valence-electron chi connectivity index (χ4n) is 1.57. The van der Waals surface area contributed by atoms with Gasteiger partial charge in [-0.1, -0.05) is 11.6 Å². The van der Waals surface area contributed by atoms with E-state index in [2.05, 4.69) is 10.0 Å². The van der Waals surface area contributed by atoms with Crippen LogP contribution in [0.15, 0.2) is 17.0 Å². The Morgan fingerprint density at radius 2 is 2.10 bits per heavy atom. The van der Waals surface area contributed by atoms with Crippen LogP contribution >= 0.6 is 11.6 Å². The first-order chi connectivity index (χ1) is 9.42. The minimum absolute atomic E-state index is 0.0763. The van der Waals surface area contributed by atoms with E-state index in [1.54, 1.807) is 7.05 Å². The highest BCUT2D eigenvalue weighted by Gasteiger charge is 2.18. The van der Waals surface area contributed by atoms with E-state index >= 15 is 0 Å². The maximum atomic E-state index is 13.7. The highest BCUT2D eigenvalue weighted by Crippen LogP contribution is 2.24. The molecule has 0 amide bonds. The van der Waals surface area contributed by atoms with Crippen molar-refractivity contribution in [1.82, 2.24) is 10.0 Å². The molecule has 0 saturated heterocycles. The summed E-state index contributed by atoms with van der Waals surface area (Å²) in [5.41, 5.74) is 0.388. The SMILES string of the molecule is CCOCCNS(=O)(=O)c1cc(F)c(Cl)c(CNC)c1. The summed E-state index contributed by atoms with van der Waals surface area (Å²) in [6.45, 7) is 2.98. The molecule has 0 aliphatic carbocycles. The number of halogens is 2. The summed E-state index contributed by atoms with van der Waals surface area (Å²) in [5.74, 6) is -0.760. The van der Waals surface area contributed by atoms with Gasteiger partial charge in [-0.2, -0.15) is 0 Å². The van der Waals surface area contributed by atoms with Crippen molar-refractivity contribution in [3.63, 3.8) is 0 Å². The Labute approximate surface area is 123 Å². The van der Waals surface area contributed by atoms with Crippen LogP contribution < -0.4 is 10.0 Å².